The van der Waals surface area contributed by atoms with E-state index in [0.717, 1.165) is 32.5 Å². The van der Waals surface area contributed by atoms with Crippen molar-refractivity contribution in [3.05, 3.63) is 54.4 Å². The molecule has 0 bridgehead atoms. The Bertz CT molecular complexity index is 1180. The summed E-state index contributed by atoms with van der Waals surface area (Å²) >= 11 is 2.91. The van der Waals surface area contributed by atoms with Gasteiger partial charge in [0, 0.05) is 5.56 Å². The number of fused-ring (bicyclic) bond motifs is 2. The predicted molar refractivity (Wildman–Crippen MR) is 99.3 cm³/mol. The molecule has 5 rings (SSSR count). The molecule has 2 aromatic carbocycles. The number of hydrogen-bond acceptors (Lipinski definition) is 8. The van der Waals surface area contributed by atoms with E-state index < -0.39 is 0 Å². The van der Waals surface area contributed by atoms with E-state index in [4.69, 9.17) is 4.42 Å². The Balaban J connectivity index is 1.41. The van der Waals surface area contributed by atoms with Crippen molar-refractivity contribution in [3.8, 4) is 16.3 Å². The number of rotatable bonds is 4. The van der Waals surface area contributed by atoms with E-state index in [-0.39, 0.29) is 5.75 Å². The number of phenolic OH excluding ortho intramolecular Hbond substituents is 1. The van der Waals surface area contributed by atoms with Crippen molar-refractivity contribution in [1.82, 2.24) is 24.8 Å². The molecule has 0 atom stereocenters. The first kappa shape index (κ1) is 15.4. The normalized spacial score (nSPS) is 11.5. The third-order valence-corrected chi connectivity index (χ3v) is 5.54. The van der Waals surface area contributed by atoms with Gasteiger partial charge in [-0.25, -0.2) is 4.98 Å². The fourth-order valence-corrected chi connectivity index (χ4v) is 4.12. The minimum Gasteiger partial charge on any atom is -0.508 e. The maximum Gasteiger partial charge on any atom is 0.257 e. The van der Waals surface area contributed by atoms with Crippen molar-refractivity contribution in [2.24, 2.45) is 0 Å². The van der Waals surface area contributed by atoms with Crippen LogP contribution in [0.25, 0.3) is 26.6 Å². The highest BCUT2D eigenvalue weighted by molar-refractivity contribution is 7.98. The molecule has 0 saturated heterocycles. The SMILES string of the molecule is Oc1ccc(-c2nn3c(CSc4nc5ccccc5o4)nnc3s2)cc1. The lowest BCUT2D eigenvalue weighted by atomic mass is 10.2. The summed E-state index contributed by atoms with van der Waals surface area (Å²) in [6.07, 6.45) is 0. The van der Waals surface area contributed by atoms with Crippen LogP contribution in [-0.4, -0.2) is 29.9 Å². The third kappa shape index (κ3) is 2.71. The van der Waals surface area contributed by atoms with Crippen molar-refractivity contribution in [3.63, 3.8) is 0 Å². The Hall–Kier alpha value is -2.91. The quantitative estimate of drug-likeness (QED) is 0.471. The van der Waals surface area contributed by atoms with Gasteiger partial charge in [0.2, 0.25) is 4.96 Å². The number of hydrogen-bond donors (Lipinski definition) is 1. The van der Waals surface area contributed by atoms with Crippen molar-refractivity contribution in [2.75, 3.05) is 0 Å². The summed E-state index contributed by atoms with van der Waals surface area (Å²) in [5.41, 5.74) is 2.53. The molecular weight excluding hydrogens is 370 g/mol. The van der Waals surface area contributed by atoms with Gasteiger partial charge in [0.25, 0.3) is 5.22 Å². The number of benzene rings is 2. The highest BCUT2D eigenvalue weighted by Gasteiger charge is 2.14. The predicted octanol–water partition coefficient (Wildman–Crippen LogP) is 3.99. The largest absolute Gasteiger partial charge is 0.508 e. The zero-order chi connectivity index (χ0) is 17.5. The van der Waals surface area contributed by atoms with Crippen molar-refractivity contribution in [2.45, 2.75) is 11.0 Å². The van der Waals surface area contributed by atoms with Gasteiger partial charge in [-0.3, -0.25) is 0 Å². The Labute approximate surface area is 155 Å². The average molecular weight is 381 g/mol. The van der Waals surface area contributed by atoms with E-state index >= 15 is 0 Å². The van der Waals surface area contributed by atoms with Gasteiger partial charge in [-0.1, -0.05) is 35.2 Å². The first-order valence-corrected chi connectivity index (χ1v) is 9.55. The second kappa shape index (κ2) is 6.11. The summed E-state index contributed by atoms with van der Waals surface area (Å²) in [6, 6.07) is 14.6. The zero-order valence-corrected chi connectivity index (χ0v) is 14.9. The van der Waals surface area contributed by atoms with Gasteiger partial charge in [0.1, 0.15) is 16.3 Å². The first-order valence-electron chi connectivity index (χ1n) is 7.75. The number of para-hydroxylation sites is 2. The summed E-state index contributed by atoms with van der Waals surface area (Å²) in [5.74, 6) is 1.51. The van der Waals surface area contributed by atoms with Gasteiger partial charge in [0.05, 0.1) is 5.75 Å². The van der Waals surface area contributed by atoms with Crippen LogP contribution in [-0.2, 0) is 5.75 Å². The van der Waals surface area contributed by atoms with Crippen molar-refractivity contribution in [1.29, 1.82) is 0 Å². The summed E-state index contributed by atoms with van der Waals surface area (Å²) in [4.78, 5) is 5.17. The number of phenols is 1. The van der Waals surface area contributed by atoms with E-state index in [1.165, 1.54) is 23.1 Å². The fraction of sp³-hybridized carbons (Fsp3) is 0.0588. The second-order valence-electron chi connectivity index (χ2n) is 5.50. The molecule has 26 heavy (non-hydrogen) atoms. The molecular formula is C17H11N5O2S2. The van der Waals surface area contributed by atoms with Gasteiger partial charge in [-0.05, 0) is 36.4 Å². The molecule has 0 aliphatic heterocycles. The molecule has 0 spiro atoms. The number of nitrogens with zero attached hydrogens (tertiary/aromatic N) is 5. The summed E-state index contributed by atoms with van der Waals surface area (Å²) in [7, 11) is 0. The monoisotopic (exact) mass is 381 g/mol. The van der Waals surface area contributed by atoms with Crippen LogP contribution in [0.4, 0.5) is 0 Å². The highest BCUT2D eigenvalue weighted by Crippen LogP contribution is 2.29. The maximum absolute atomic E-state index is 9.42. The smallest absolute Gasteiger partial charge is 0.257 e. The molecule has 0 radical (unpaired) electrons. The summed E-state index contributed by atoms with van der Waals surface area (Å²) in [5, 5.41) is 23.8. The average Bonchev–Trinajstić information content (AvgIpc) is 3.34. The molecule has 3 aromatic heterocycles. The van der Waals surface area contributed by atoms with Gasteiger partial charge in [-0.2, -0.15) is 9.61 Å². The number of aromatic hydroxyl groups is 1. The van der Waals surface area contributed by atoms with E-state index in [2.05, 4.69) is 20.3 Å². The second-order valence-corrected chi connectivity index (χ2v) is 7.38. The minimum atomic E-state index is 0.229. The molecule has 1 N–H and O–H groups in total. The van der Waals surface area contributed by atoms with Crippen LogP contribution in [0.5, 0.6) is 5.75 Å². The van der Waals surface area contributed by atoms with Gasteiger partial charge in [-0.15, -0.1) is 10.2 Å². The molecule has 0 saturated carbocycles. The van der Waals surface area contributed by atoms with Gasteiger partial charge < -0.3 is 9.52 Å². The van der Waals surface area contributed by atoms with E-state index in [1.54, 1.807) is 16.6 Å². The first-order chi connectivity index (χ1) is 12.8. The molecule has 5 aromatic rings. The van der Waals surface area contributed by atoms with Crippen LogP contribution < -0.4 is 0 Å². The molecule has 9 heteroatoms. The lowest BCUT2D eigenvalue weighted by Gasteiger charge is -1.96. The minimum absolute atomic E-state index is 0.229. The lowest BCUT2D eigenvalue weighted by Crippen LogP contribution is -1.94. The Morgan fingerprint density at radius 3 is 2.77 bits per heavy atom. The van der Waals surface area contributed by atoms with Crippen molar-refractivity contribution < 1.29 is 9.52 Å². The zero-order valence-electron chi connectivity index (χ0n) is 13.2. The van der Waals surface area contributed by atoms with Crippen LogP contribution in [0.15, 0.2) is 58.2 Å². The molecule has 0 unspecified atom stereocenters. The molecule has 0 aliphatic carbocycles. The van der Waals surface area contributed by atoms with E-state index in [0.29, 0.717) is 11.0 Å². The molecule has 3 heterocycles. The number of thioether (sulfide) groups is 1. The Kier molecular flexibility index (Phi) is 3.61. The van der Waals surface area contributed by atoms with Crippen LogP contribution in [0.3, 0.4) is 0 Å². The fourth-order valence-electron chi connectivity index (χ4n) is 2.51. The van der Waals surface area contributed by atoms with Crippen LogP contribution in [0, 0.1) is 0 Å². The molecule has 0 amide bonds. The Morgan fingerprint density at radius 2 is 1.92 bits per heavy atom. The van der Waals surface area contributed by atoms with E-state index in [1.807, 2.05) is 36.4 Å². The molecule has 7 nitrogen and oxygen atoms in total. The summed E-state index contributed by atoms with van der Waals surface area (Å²) in [6.45, 7) is 0. The molecule has 0 fully saturated rings. The molecule has 128 valence electrons. The van der Waals surface area contributed by atoms with Crippen molar-refractivity contribution >= 4 is 39.2 Å². The third-order valence-electron chi connectivity index (χ3n) is 3.77. The van der Waals surface area contributed by atoms with Crippen LogP contribution in [0.2, 0.25) is 0 Å². The summed E-state index contributed by atoms with van der Waals surface area (Å²) < 4.78 is 7.46. The number of aromatic nitrogens is 5. The van der Waals surface area contributed by atoms with Crippen LogP contribution >= 0.6 is 23.1 Å². The molecule has 0 aliphatic rings. The highest BCUT2D eigenvalue weighted by atomic mass is 32.2. The standard InChI is InChI=1S/C17H11N5O2S2/c23-11-7-5-10(6-8-11)15-21-22-14(19-20-16(22)26-15)9-25-17-18-12-3-1-2-4-13(12)24-17/h1-8,23H,9H2. The maximum atomic E-state index is 9.42. The van der Waals surface area contributed by atoms with E-state index in [9.17, 15) is 5.11 Å². The topological polar surface area (TPSA) is 89.3 Å². The lowest BCUT2D eigenvalue weighted by molar-refractivity contribution is 0.475. The van der Waals surface area contributed by atoms with Gasteiger partial charge >= 0.3 is 0 Å². The number of oxazole rings is 1. The van der Waals surface area contributed by atoms with Crippen LogP contribution in [0.1, 0.15) is 5.82 Å². The Morgan fingerprint density at radius 1 is 1.08 bits per heavy atom. The van der Waals surface area contributed by atoms with Gasteiger partial charge in [0.15, 0.2) is 11.4 Å².